The van der Waals surface area contributed by atoms with Crippen LogP contribution in [0.1, 0.15) is 16.1 Å². The van der Waals surface area contributed by atoms with Crippen LogP contribution < -0.4 is 0 Å². The highest BCUT2D eigenvalue weighted by Crippen LogP contribution is 2.17. The first-order chi connectivity index (χ1) is 8.58. The Bertz CT molecular complexity index is 592. The Morgan fingerprint density at radius 2 is 2.11 bits per heavy atom. The van der Waals surface area contributed by atoms with Crippen LogP contribution in [0.4, 0.5) is 5.69 Å². The number of nitrogens with zero attached hydrogens (tertiary/aromatic N) is 3. The van der Waals surface area contributed by atoms with Crippen LogP contribution in [0.5, 0.6) is 0 Å². The van der Waals surface area contributed by atoms with Crippen molar-refractivity contribution in [3.05, 3.63) is 58.2 Å². The predicted molar refractivity (Wildman–Crippen MR) is 61.4 cm³/mol. The van der Waals surface area contributed by atoms with E-state index in [2.05, 4.69) is 4.98 Å². The zero-order valence-electron chi connectivity index (χ0n) is 9.18. The van der Waals surface area contributed by atoms with Gasteiger partial charge in [-0.1, -0.05) is 0 Å². The molecule has 2 rings (SSSR count). The van der Waals surface area contributed by atoms with Gasteiger partial charge in [0.25, 0.3) is 5.69 Å². The number of rotatable bonds is 4. The molecule has 0 amide bonds. The molecule has 0 saturated heterocycles. The molecular weight excluding hydrogens is 238 g/mol. The van der Waals surface area contributed by atoms with Crippen LogP contribution in [0.2, 0.25) is 0 Å². The van der Waals surface area contributed by atoms with Crippen LogP contribution in [0.25, 0.3) is 0 Å². The highest BCUT2D eigenvalue weighted by atomic mass is 16.6. The smallest absolute Gasteiger partial charge is 0.352 e. The van der Waals surface area contributed by atoms with E-state index < -0.39 is 10.9 Å². The number of aromatic carboxylic acids is 1. The third-order valence-electron chi connectivity index (χ3n) is 2.41. The van der Waals surface area contributed by atoms with Gasteiger partial charge in [0.05, 0.1) is 11.1 Å². The lowest BCUT2D eigenvalue weighted by atomic mass is 10.2. The van der Waals surface area contributed by atoms with Crippen molar-refractivity contribution in [2.45, 2.75) is 6.54 Å². The minimum Gasteiger partial charge on any atom is -0.477 e. The van der Waals surface area contributed by atoms with E-state index in [9.17, 15) is 14.9 Å². The monoisotopic (exact) mass is 247 g/mol. The molecule has 2 aromatic heterocycles. The average molecular weight is 247 g/mol. The summed E-state index contributed by atoms with van der Waals surface area (Å²) in [7, 11) is 0. The quantitative estimate of drug-likeness (QED) is 0.652. The highest BCUT2D eigenvalue weighted by Gasteiger charge is 2.18. The number of aromatic nitrogens is 2. The molecule has 0 aliphatic rings. The summed E-state index contributed by atoms with van der Waals surface area (Å²) < 4.78 is 1.33. The van der Waals surface area contributed by atoms with Gasteiger partial charge < -0.3 is 9.67 Å². The van der Waals surface area contributed by atoms with E-state index in [1.165, 1.54) is 10.8 Å². The number of carbonyl (C=O) groups is 1. The first-order valence-electron chi connectivity index (χ1n) is 5.04. The van der Waals surface area contributed by atoms with Crippen LogP contribution in [-0.4, -0.2) is 25.6 Å². The molecule has 0 fully saturated rings. The number of pyridine rings is 1. The van der Waals surface area contributed by atoms with Crippen LogP contribution in [-0.2, 0) is 6.54 Å². The molecule has 1 N–H and O–H groups in total. The Morgan fingerprint density at radius 1 is 1.44 bits per heavy atom. The molecule has 0 atom stereocenters. The minimum atomic E-state index is -1.20. The number of hydrogen-bond donors (Lipinski definition) is 1. The number of carboxylic acid groups (broad SMARTS) is 1. The molecule has 18 heavy (non-hydrogen) atoms. The topological polar surface area (TPSA) is 98.3 Å². The van der Waals surface area contributed by atoms with Gasteiger partial charge in [-0.05, 0) is 17.7 Å². The van der Waals surface area contributed by atoms with E-state index >= 15 is 0 Å². The normalized spacial score (nSPS) is 10.2. The molecule has 2 aromatic rings. The molecule has 0 aromatic carbocycles. The van der Waals surface area contributed by atoms with Gasteiger partial charge in [0.2, 0.25) is 0 Å². The second kappa shape index (κ2) is 4.66. The number of nitro groups is 1. The van der Waals surface area contributed by atoms with Gasteiger partial charge in [0, 0.05) is 25.0 Å². The van der Waals surface area contributed by atoms with Gasteiger partial charge in [0.15, 0.2) is 0 Å². The maximum atomic E-state index is 11.0. The maximum absolute atomic E-state index is 11.0. The van der Waals surface area contributed by atoms with E-state index in [1.54, 1.807) is 24.5 Å². The molecule has 0 spiro atoms. The third kappa shape index (κ3) is 2.34. The molecule has 0 unspecified atom stereocenters. The lowest BCUT2D eigenvalue weighted by molar-refractivity contribution is -0.384. The first-order valence-corrected chi connectivity index (χ1v) is 5.04. The molecule has 0 bridgehead atoms. The molecule has 0 aliphatic heterocycles. The van der Waals surface area contributed by atoms with Crippen molar-refractivity contribution in [1.82, 2.24) is 9.55 Å². The fourth-order valence-electron chi connectivity index (χ4n) is 1.59. The summed E-state index contributed by atoms with van der Waals surface area (Å²) >= 11 is 0. The largest absolute Gasteiger partial charge is 0.477 e. The summed E-state index contributed by atoms with van der Waals surface area (Å²) in [5, 5.41) is 19.6. The van der Waals surface area contributed by atoms with E-state index in [0.717, 1.165) is 11.6 Å². The van der Waals surface area contributed by atoms with Crippen molar-refractivity contribution < 1.29 is 14.8 Å². The van der Waals surface area contributed by atoms with Gasteiger partial charge in [-0.25, -0.2) is 4.79 Å². The second-order valence-electron chi connectivity index (χ2n) is 3.63. The van der Waals surface area contributed by atoms with Crippen molar-refractivity contribution in [2.75, 3.05) is 0 Å². The van der Waals surface area contributed by atoms with Gasteiger partial charge in [-0.2, -0.15) is 0 Å². The SMILES string of the molecule is O=C(O)c1cc([N+](=O)[O-])cn1Cc1ccncc1. The molecule has 2 heterocycles. The zero-order valence-corrected chi connectivity index (χ0v) is 9.18. The summed E-state index contributed by atoms with van der Waals surface area (Å²) in [5.74, 6) is -1.20. The van der Waals surface area contributed by atoms with Crippen molar-refractivity contribution in [1.29, 1.82) is 0 Å². The van der Waals surface area contributed by atoms with E-state index in [0.29, 0.717) is 0 Å². The Morgan fingerprint density at radius 3 is 2.67 bits per heavy atom. The summed E-state index contributed by atoms with van der Waals surface area (Å²) in [4.78, 5) is 24.9. The Labute approximate surface area is 101 Å². The fraction of sp³-hybridized carbons (Fsp3) is 0.0909. The molecule has 92 valence electrons. The van der Waals surface area contributed by atoms with Crippen molar-refractivity contribution in [2.24, 2.45) is 0 Å². The summed E-state index contributed by atoms with van der Waals surface area (Å²) in [6.07, 6.45) is 4.37. The second-order valence-corrected chi connectivity index (χ2v) is 3.63. The first kappa shape index (κ1) is 11.8. The maximum Gasteiger partial charge on any atom is 0.352 e. The van der Waals surface area contributed by atoms with E-state index in [4.69, 9.17) is 5.11 Å². The van der Waals surface area contributed by atoms with Crippen LogP contribution >= 0.6 is 0 Å². The van der Waals surface area contributed by atoms with Crippen molar-refractivity contribution in [3.8, 4) is 0 Å². The number of hydrogen-bond acceptors (Lipinski definition) is 4. The lowest BCUT2D eigenvalue weighted by Gasteiger charge is -2.04. The standard InChI is InChI=1S/C11H9N3O4/c15-11(16)10-5-9(14(17)18)7-13(10)6-8-1-3-12-4-2-8/h1-5,7H,6H2,(H,15,16). The average Bonchev–Trinajstić information content (AvgIpc) is 2.74. The van der Waals surface area contributed by atoms with Gasteiger partial charge in [0.1, 0.15) is 5.69 Å². The third-order valence-corrected chi connectivity index (χ3v) is 2.41. The highest BCUT2D eigenvalue weighted by molar-refractivity contribution is 5.86. The van der Waals surface area contributed by atoms with Crippen LogP contribution in [0.3, 0.4) is 0 Å². The van der Waals surface area contributed by atoms with Crippen molar-refractivity contribution >= 4 is 11.7 Å². The molecule has 0 radical (unpaired) electrons. The number of carboxylic acids is 1. The van der Waals surface area contributed by atoms with Gasteiger partial charge >= 0.3 is 5.97 Å². The lowest BCUT2D eigenvalue weighted by Crippen LogP contribution is -2.08. The predicted octanol–water partition coefficient (Wildman–Crippen LogP) is 1.54. The van der Waals surface area contributed by atoms with Crippen molar-refractivity contribution in [3.63, 3.8) is 0 Å². The minimum absolute atomic E-state index is 0.112. The van der Waals surface area contributed by atoms with Gasteiger partial charge in [-0.15, -0.1) is 0 Å². The molecule has 0 saturated carbocycles. The fourth-order valence-corrected chi connectivity index (χ4v) is 1.59. The Hall–Kier alpha value is -2.70. The Kier molecular flexibility index (Phi) is 3.05. The van der Waals surface area contributed by atoms with E-state index in [-0.39, 0.29) is 17.9 Å². The summed E-state index contributed by atoms with van der Waals surface area (Å²) in [6.45, 7) is 0.248. The molecule has 7 nitrogen and oxygen atoms in total. The Balaban J connectivity index is 2.37. The molecule has 7 heteroatoms. The van der Waals surface area contributed by atoms with Crippen LogP contribution in [0.15, 0.2) is 36.8 Å². The summed E-state index contributed by atoms with van der Waals surface area (Å²) in [5.41, 5.74) is 0.470. The summed E-state index contributed by atoms with van der Waals surface area (Å²) in [6, 6.07) is 4.48. The van der Waals surface area contributed by atoms with Gasteiger partial charge in [-0.3, -0.25) is 15.1 Å². The van der Waals surface area contributed by atoms with Crippen LogP contribution in [0, 0.1) is 10.1 Å². The van der Waals surface area contributed by atoms with E-state index in [1.807, 2.05) is 0 Å². The molecule has 0 aliphatic carbocycles. The molecular formula is C11H9N3O4. The zero-order chi connectivity index (χ0) is 13.1.